The van der Waals surface area contributed by atoms with Gasteiger partial charge in [0.05, 0.1) is 5.69 Å². The van der Waals surface area contributed by atoms with Gasteiger partial charge in [-0.2, -0.15) is 0 Å². The first-order chi connectivity index (χ1) is 14.8. The molecule has 2 aromatic heterocycles. The lowest BCUT2D eigenvalue weighted by Crippen LogP contribution is -2.41. The summed E-state index contributed by atoms with van der Waals surface area (Å²) >= 11 is 0. The summed E-state index contributed by atoms with van der Waals surface area (Å²) in [6.07, 6.45) is 3.56. The first kappa shape index (κ1) is 20.5. The number of alkyl halides is 1. The van der Waals surface area contributed by atoms with Crippen LogP contribution in [0.15, 0.2) is 66.0 Å². The van der Waals surface area contributed by atoms with Crippen molar-refractivity contribution in [3.8, 4) is 17.0 Å². The zero-order valence-corrected chi connectivity index (χ0v) is 17.4. The molecular weight excluding hydrogens is 397 g/mol. The SMILES string of the molecule is Cc1cc(C2(c3ccnc(-c4cccnc4)c3)N=C(N)N(C)C2=O)ccc1OC(C)F. The van der Waals surface area contributed by atoms with Gasteiger partial charge in [-0.25, -0.2) is 9.38 Å². The first-order valence-corrected chi connectivity index (χ1v) is 9.75. The number of carbonyl (C=O) groups excluding carboxylic acids is 1. The Bertz CT molecular complexity index is 1170. The lowest BCUT2D eigenvalue weighted by Gasteiger charge is -2.27. The van der Waals surface area contributed by atoms with Crippen LogP contribution in [0.3, 0.4) is 0 Å². The van der Waals surface area contributed by atoms with Crippen LogP contribution < -0.4 is 10.5 Å². The summed E-state index contributed by atoms with van der Waals surface area (Å²) in [4.78, 5) is 28.0. The molecular formula is C23H22FN5O2. The molecule has 1 amide bonds. The summed E-state index contributed by atoms with van der Waals surface area (Å²) in [5.41, 5.74) is 8.04. The van der Waals surface area contributed by atoms with E-state index in [1.165, 1.54) is 11.8 Å². The van der Waals surface area contributed by atoms with Gasteiger partial charge < -0.3 is 10.5 Å². The second-order valence-corrected chi connectivity index (χ2v) is 7.36. The van der Waals surface area contributed by atoms with Gasteiger partial charge in [0.15, 0.2) is 11.5 Å². The van der Waals surface area contributed by atoms with Crippen LogP contribution in [0.5, 0.6) is 5.75 Å². The van der Waals surface area contributed by atoms with Crippen molar-refractivity contribution < 1.29 is 13.9 Å². The Labute approximate surface area is 179 Å². The number of ether oxygens (including phenoxy) is 1. The molecule has 158 valence electrons. The number of hydrogen-bond donors (Lipinski definition) is 1. The topological polar surface area (TPSA) is 93.7 Å². The molecule has 0 spiro atoms. The standard InChI is InChI=1S/C23H22FN5O2/c1-14-11-17(6-7-20(14)31-15(2)24)23(21(30)29(3)22(25)28-23)18-8-10-27-19(12-18)16-5-4-9-26-13-16/h4-13,15H,1-3H3,(H2,25,28). The molecule has 0 radical (unpaired) electrons. The second kappa shape index (κ2) is 7.79. The van der Waals surface area contributed by atoms with E-state index in [4.69, 9.17) is 10.5 Å². The molecule has 2 unspecified atom stereocenters. The number of aliphatic imine (C=N–C) groups is 1. The van der Waals surface area contributed by atoms with E-state index in [9.17, 15) is 9.18 Å². The third-order valence-corrected chi connectivity index (χ3v) is 5.26. The average Bonchev–Trinajstić information content (AvgIpc) is 3.00. The highest BCUT2D eigenvalue weighted by atomic mass is 19.1. The number of nitrogens with zero attached hydrogens (tertiary/aromatic N) is 4. The molecule has 3 aromatic rings. The Kier molecular flexibility index (Phi) is 5.14. The largest absolute Gasteiger partial charge is 0.460 e. The molecule has 8 heteroatoms. The van der Waals surface area contributed by atoms with E-state index in [-0.39, 0.29) is 11.9 Å². The molecule has 0 bridgehead atoms. The number of nitrogens with two attached hydrogens (primary N) is 1. The third-order valence-electron chi connectivity index (χ3n) is 5.26. The maximum absolute atomic E-state index is 13.5. The lowest BCUT2D eigenvalue weighted by molar-refractivity contribution is -0.129. The van der Waals surface area contributed by atoms with Gasteiger partial charge in [-0.15, -0.1) is 0 Å². The molecule has 0 saturated carbocycles. The summed E-state index contributed by atoms with van der Waals surface area (Å²) in [7, 11) is 1.58. The molecule has 2 atom stereocenters. The van der Waals surface area contributed by atoms with E-state index in [0.29, 0.717) is 28.1 Å². The highest BCUT2D eigenvalue weighted by Gasteiger charge is 2.49. The number of guanidine groups is 1. The summed E-state index contributed by atoms with van der Waals surface area (Å²) in [6, 6.07) is 12.4. The predicted molar refractivity (Wildman–Crippen MR) is 115 cm³/mol. The van der Waals surface area contributed by atoms with Gasteiger partial charge in [0.2, 0.25) is 6.36 Å². The highest BCUT2D eigenvalue weighted by Crippen LogP contribution is 2.41. The normalized spacial score (nSPS) is 19.3. The summed E-state index contributed by atoms with van der Waals surface area (Å²) in [5, 5.41) is 0. The van der Waals surface area contributed by atoms with Gasteiger partial charge in [0.1, 0.15) is 5.75 Å². The molecule has 1 aliphatic rings. The molecule has 3 heterocycles. The molecule has 1 aromatic carbocycles. The van der Waals surface area contributed by atoms with Gasteiger partial charge in [0, 0.05) is 38.1 Å². The molecule has 0 aliphatic carbocycles. The van der Waals surface area contributed by atoms with Gasteiger partial charge in [-0.3, -0.25) is 19.7 Å². The minimum atomic E-state index is -1.45. The van der Waals surface area contributed by atoms with E-state index < -0.39 is 11.9 Å². The Hall–Kier alpha value is -3.81. The van der Waals surface area contributed by atoms with Crippen molar-refractivity contribution in [2.24, 2.45) is 10.7 Å². The van der Waals surface area contributed by atoms with E-state index in [0.717, 1.165) is 5.56 Å². The minimum Gasteiger partial charge on any atom is -0.460 e. The number of hydrogen-bond acceptors (Lipinski definition) is 6. The third kappa shape index (κ3) is 3.50. The van der Waals surface area contributed by atoms with Crippen molar-refractivity contribution in [1.82, 2.24) is 14.9 Å². The van der Waals surface area contributed by atoms with Gasteiger partial charge in [-0.05, 0) is 60.0 Å². The molecule has 1 aliphatic heterocycles. The number of aryl methyl sites for hydroxylation is 1. The Morgan fingerprint density at radius 3 is 2.55 bits per heavy atom. The van der Waals surface area contributed by atoms with Crippen molar-refractivity contribution in [2.75, 3.05) is 7.05 Å². The Morgan fingerprint density at radius 2 is 1.94 bits per heavy atom. The van der Waals surface area contributed by atoms with Crippen LogP contribution in [0.1, 0.15) is 23.6 Å². The highest BCUT2D eigenvalue weighted by molar-refractivity contribution is 6.09. The number of carbonyl (C=O) groups is 1. The van der Waals surface area contributed by atoms with Crippen LogP contribution >= 0.6 is 0 Å². The quantitative estimate of drug-likeness (QED) is 0.686. The zero-order chi connectivity index (χ0) is 22.2. The number of aromatic nitrogens is 2. The van der Waals surface area contributed by atoms with Crippen LogP contribution in [0.4, 0.5) is 4.39 Å². The monoisotopic (exact) mass is 419 g/mol. The number of amides is 1. The van der Waals surface area contributed by atoms with Crippen LogP contribution in [0, 0.1) is 6.92 Å². The lowest BCUT2D eigenvalue weighted by atomic mass is 9.82. The number of pyridine rings is 2. The fourth-order valence-electron chi connectivity index (χ4n) is 3.69. The minimum absolute atomic E-state index is 0.111. The summed E-state index contributed by atoms with van der Waals surface area (Å²) in [5.74, 6) is 0.218. The second-order valence-electron chi connectivity index (χ2n) is 7.36. The van der Waals surface area contributed by atoms with Gasteiger partial charge in [-0.1, -0.05) is 6.07 Å². The predicted octanol–water partition coefficient (Wildman–Crippen LogP) is 3.18. The van der Waals surface area contributed by atoms with Crippen molar-refractivity contribution in [3.05, 3.63) is 77.7 Å². The van der Waals surface area contributed by atoms with Crippen LogP contribution in [0.2, 0.25) is 0 Å². The Balaban J connectivity index is 1.90. The smallest absolute Gasteiger partial charge is 0.266 e. The van der Waals surface area contributed by atoms with Crippen LogP contribution in [-0.2, 0) is 10.3 Å². The van der Waals surface area contributed by atoms with Crippen molar-refractivity contribution in [2.45, 2.75) is 25.7 Å². The molecule has 0 saturated heterocycles. The van der Waals surface area contributed by atoms with E-state index >= 15 is 0 Å². The van der Waals surface area contributed by atoms with Gasteiger partial charge >= 0.3 is 0 Å². The number of rotatable bonds is 5. The number of halogens is 1. The molecule has 4 rings (SSSR count). The van der Waals surface area contributed by atoms with Crippen LogP contribution in [-0.4, -0.2) is 40.1 Å². The number of likely N-dealkylation sites (N-methyl/N-ethyl adjacent to an activating group) is 1. The van der Waals surface area contributed by atoms with Crippen LogP contribution in [0.25, 0.3) is 11.3 Å². The molecule has 31 heavy (non-hydrogen) atoms. The van der Waals surface area contributed by atoms with E-state index in [2.05, 4.69) is 15.0 Å². The molecule has 2 N–H and O–H groups in total. The number of benzene rings is 1. The van der Waals surface area contributed by atoms with E-state index in [1.807, 2.05) is 18.2 Å². The summed E-state index contributed by atoms with van der Waals surface area (Å²) in [6.45, 7) is 3.10. The van der Waals surface area contributed by atoms with Crippen molar-refractivity contribution >= 4 is 11.9 Å². The Morgan fingerprint density at radius 1 is 1.16 bits per heavy atom. The maximum Gasteiger partial charge on any atom is 0.266 e. The maximum atomic E-state index is 13.5. The van der Waals surface area contributed by atoms with Gasteiger partial charge in [0.25, 0.3) is 5.91 Å². The zero-order valence-electron chi connectivity index (χ0n) is 17.4. The first-order valence-electron chi connectivity index (χ1n) is 9.75. The van der Waals surface area contributed by atoms with Crippen molar-refractivity contribution in [3.63, 3.8) is 0 Å². The molecule has 7 nitrogen and oxygen atoms in total. The van der Waals surface area contributed by atoms with E-state index in [1.54, 1.807) is 56.8 Å². The fourth-order valence-corrected chi connectivity index (χ4v) is 3.69. The average molecular weight is 419 g/mol. The fraction of sp³-hybridized carbons (Fsp3) is 0.217. The molecule has 0 fully saturated rings. The van der Waals surface area contributed by atoms with Crippen molar-refractivity contribution in [1.29, 1.82) is 0 Å². The summed E-state index contributed by atoms with van der Waals surface area (Å²) < 4.78 is 18.6.